The van der Waals surface area contributed by atoms with E-state index in [1.165, 1.54) is 22.5 Å². The first-order valence-electron chi connectivity index (χ1n) is 4.61. The standard InChI is InChI=1S/C10H18BN/c1-7-8(2)10(4)12(9(7)3)11(5)6/h1-6H3/q-1. The minimum Gasteiger partial charge on any atom is -0.556 e. The van der Waals surface area contributed by atoms with Gasteiger partial charge in [0, 0.05) is 0 Å². The first kappa shape index (κ1) is 9.43. The van der Waals surface area contributed by atoms with E-state index in [9.17, 15) is 0 Å². The van der Waals surface area contributed by atoms with E-state index in [0.29, 0.717) is 6.85 Å². The van der Waals surface area contributed by atoms with Gasteiger partial charge in [0.05, 0.1) is 0 Å². The Morgan fingerprint density at radius 1 is 0.833 bits per heavy atom. The van der Waals surface area contributed by atoms with Crippen molar-refractivity contribution in [2.45, 2.75) is 41.3 Å². The summed E-state index contributed by atoms with van der Waals surface area (Å²) in [5, 5.41) is 0. The van der Waals surface area contributed by atoms with Crippen molar-refractivity contribution in [3.63, 3.8) is 0 Å². The highest BCUT2D eigenvalue weighted by molar-refractivity contribution is 6.54. The van der Waals surface area contributed by atoms with E-state index in [-0.39, 0.29) is 0 Å². The smallest absolute Gasteiger partial charge is 0.0250 e. The van der Waals surface area contributed by atoms with Gasteiger partial charge in [-0.1, -0.05) is 0 Å². The molecule has 0 fully saturated rings. The second-order valence-corrected chi connectivity index (χ2v) is 3.88. The van der Waals surface area contributed by atoms with Crippen LogP contribution in [0.5, 0.6) is 0 Å². The Hall–Kier alpha value is -0.655. The van der Waals surface area contributed by atoms with E-state index in [4.69, 9.17) is 0 Å². The summed E-state index contributed by atoms with van der Waals surface area (Å²) < 4.78 is 2.41. The Kier molecular flexibility index (Phi) is 2.36. The summed E-state index contributed by atoms with van der Waals surface area (Å²) in [7, 11) is 0. The van der Waals surface area contributed by atoms with Crippen LogP contribution in [0.4, 0.5) is 0 Å². The molecule has 67 valence electrons. The molecule has 0 aliphatic rings. The number of rotatable bonds is 1. The van der Waals surface area contributed by atoms with Gasteiger partial charge in [-0.25, -0.2) is 0 Å². The molecule has 0 saturated heterocycles. The van der Waals surface area contributed by atoms with E-state index in [2.05, 4.69) is 45.8 Å². The van der Waals surface area contributed by atoms with Gasteiger partial charge in [-0.2, -0.15) is 13.6 Å². The quantitative estimate of drug-likeness (QED) is 0.561. The summed E-state index contributed by atoms with van der Waals surface area (Å²) in [6.07, 6.45) is 0. The summed E-state index contributed by atoms with van der Waals surface area (Å²) in [6.45, 7) is 13.9. The Bertz CT molecular complexity index is 272. The van der Waals surface area contributed by atoms with Crippen LogP contribution in [0.1, 0.15) is 22.5 Å². The minimum absolute atomic E-state index is 0.581. The van der Waals surface area contributed by atoms with E-state index in [1.54, 1.807) is 0 Å². The highest BCUT2D eigenvalue weighted by Crippen LogP contribution is 2.20. The normalized spacial score (nSPS) is 11.2. The molecule has 1 nitrogen and oxygen atoms in total. The largest absolute Gasteiger partial charge is 0.556 e. The van der Waals surface area contributed by atoms with Gasteiger partial charge in [-0.05, 0) is 57.1 Å². The first-order chi connectivity index (χ1) is 5.46. The zero-order valence-corrected chi connectivity index (χ0v) is 9.02. The van der Waals surface area contributed by atoms with Crippen LogP contribution in [-0.2, 0) is 0 Å². The van der Waals surface area contributed by atoms with Gasteiger partial charge in [0.1, 0.15) is 0 Å². The molecule has 2 heteroatoms. The average molecular weight is 163 g/mol. The Balaban J connectivity index is 3.38. The maximum absolute atomic E-state index is 2.41. The summed E-state index contributed by atoms with van der Waals surface area (Å²) in [6, 6.07) is 0. The molecule has 0 unspecified atom stereocenters. The van der Waals surface area contributed by atoms with Gasteiger partial charge < -0.3 is 4.48 Å². The third-order valence-electron chi connectivity index (χ3n) is 2.89. The molecular formula is C10H18BN-. The van der Waals surface area contributed by atoms with Crippen molar-refractivity contribution in [1.82, 2.24) is 4.48 Å². The molecule has 1 heterocycles. The Morgan fingerprint density at radius 3 is 1.33 bits per heavy atom. The zero-order valence-electron chi connectivity index (χ0n) is 9.02. The predicted molar refractivity (Wildman–Crippen MR) is 56.3 cm³/mol. The maximum atomic E-state index is 2.41. The van der Waals surface area contributed by atoms with Gasteiger partial charge >= 0.3 is 0 Å². The highest BCUT2D eigenvalue weighted by Gasteiger charge is 2.06. The van der Waals surface area contributed by atoms with Crippen LogP contribution in [0.25, 0.3) is 0 Å². The molecule has 0 atom stereocenters. The lowest BCUT2D eigenvalue weighted by Gasteiger charge is -2.24. The summed E-state index contributed by atoms with van der Waals surface area (Å²) in [4.78, 5) is 0. The molecule has 1 radical (unpaired) electrons. The molecule has 12 heavy (non-hydrogen) atoms. The lowest BCUT2D eigenvalue weighted by Crippen LogP contribution is -2.18. The predicted octanol–water partition coefficient (Wildman–Crippen LogP) is 2.82. The van der Waals surface area contributed by atoms with Gasteiger partial charge in [0.25, 0.3) is 0 Å². The van der Waals surface area contributed by atoms with Crippen molar-refractivity contribution < 1.29 is 0 Å². The molecule has 0 spiro atoms. The van der Waals surface area contributed by atoms with Gasteiger partial charge in [-0.3, -0.25) is 0 Å². The monoisotopic (exact) mass is 163 g/mol. The van der Waals surface area contributed by atoms with Crippen molar-refractivity contribution in [2.75, 3.05) is 0 Å². The molecule has 0 bridgehead atoms. The van der Waals surface area contributed by atoms with Crippen LogP contribution in [0.2, 0.25) is 13.6 Å². The van der Waals surface area contributed by atoms with Crippen molar-refractivity contribution in [3.05, 3.63) is 22.5 Å². The molecule has 0 aliphatic carbocycles. The van der Waals surface area contributed by atoms with E-state index >= 15 is 0 Å². The number of nitrogens with zero attached hydrogens (tertiary/aromatic N) is 1. The fourth-order valence-electron chi connectivity index (χ4n) is 1.93. The van der Waals surface area contributed by atoms with Crippen LogP contribution in [0.3, 0.4) is 0 Å². The summed E-state index contributed by atoms with van der Waals surface area (Å²) >= 11 is 0. The van der Waals surface area contributed by atoms with Crippen LogP contribution >= 0.6 is 0 Å². The van der Waals surface area contributed by atoms with Crippen LogP contribution in [0.15, 0.2) is 0 Å². The van der Waals surface area contributed by atoms with Gasteiger partial charge in [0.2, 0.25) is 0 Å². The fourth-order valence-corrected chi connectivity index (χ4v) is 1.93. The third-order valence-corrected chi connectivity index (χ3v) is 2.89. The zero-order chi connectivity index (χ0) is 9.46. The highest BCUT2D eigenvalue weighted by atomic mass is 14.9. The minimum atomic E-state index is 0.581. The number of hydrogen-bond donors (Lipinski definition) is 0. The molecule has 0 N–H and O–H groups in total. The van der Waals surface area contributed by atoms with Crippen molar-refractivity contribution in [3.8, 4) is 0 Å². The molecule has 1 rings (SSSR count). The van der Waals surface area contributed by atoms with Crippen LogP contribution in [0, 0.1) is 27.7 Å². The van der Waals surface area contributed by atoms with Gasteiger partial charge in [0.15, 0.2) is 0 Å². The van der Waals surface area contributed by atoms with Crippen LogP contribution < -0.4 is 0 Å². The van der Waals surface area contributed by atoms with Crippen molar-refractivity contribution in [2.24, 2.45) is 0 Å². The molecule has 0 aromatic carbocycles. The number of aromatic nitrogens is 1. The molecule has 0 saturated carbocycles. The van der Waals surface area contributed by atoms with Crippen LogP contribution in [-0.4, -0.2) is 11.3 Å². The second-order valence-electron chi connectivity index (χ2n) is 3.88. The lowest BCUT2D eigenvalue weighted by molar-refractivity contribution is 1.04. The molecular weight excluding hydrogens is 145 g/mol. The number of hydrogen-bond acceptors (Lipinski definition) is 0. The van der Waals surface area contributed by atoms with E-state index in [1.807, 2.05) is 0 Å². The third kappa shape index (κ3) is 1.19. The Morgan fingerprint density at radius 2 is 1.17 bits per heavy atom. The summed E-state index contributed by atoms with van der Waals surface area (Å²) in [5.74, 6) is 0. The molecule has 1 aromatic heterocycles. The van der Waals surface area contributed by atoms with E-state index in [0.717, 1.165) is 0 Å². The first-order valence-corrected chi connectivity index (χ1v) is 4.61. The SMILES string of the molecule is C[B-](C)n1c(C)c(C)c(C)c1C. The van der Waals surface area contributed by atoms with Crippen molar-refractivity contribution >= 4 is 6.85 Å². The molecule has 0 aliphatic heterocycles. The fraction of sp³-hybridized carbons (Fsp3) is 0.600. The van der Waals surface area contributed by atoms with Gasteiger partial charge in [-0.15, -0.1) is 0 Å². The second kappa shape index (κ2) is 3.00. The maximum Gasteiger partial charge on any atom is -0.0250 e. The van der Waals surface area contributed by atoms with E-state index < -0.39 is 0 Å². The molecule has 1 aromatic rings. The Labute approximate surface area is 75.9 Å². The summed E-state index contributed by atoms with van der Waals surface area (Å²) in [5.41, 5.74) is 5.72. The van der Waals surface area contributed by atoms with Crippen molar-refractivity contribution in [1.29, 1.82) is 0 Å². The average Bonchev–Trinajstić information content (AvgIpc) is 2.16. The topological polar surface area (TPSA) is 4.93 Å². The lowest BCUT2D eigenvalue weighted by atomic mass is 9.67. The molecule has 0 amide bonds.